The summed E-state index contributed by atoms with van der Waals surface area (Å²) in [6.45, 7) is 8.24. The Morgan fingerprint density at radius 3 is 2.77 bits per heavy atom. The third kappa shape index (κ3) is 5.99. The zero-order valence-corrected chi connectivity index (χ0v) is 26.3. The lowest BCUT2D eigenvalue weighted by atomic mass is 9.93. The molecule has 244 valence electrons. The normalized spacial score (nSPS) is 15.4. The number of carbonyl (C=O) groups is 1. The maximum Gasteiger partial charge on any atom is 0.243 e. The topological polar surface area (TPSA) is 118 Å². The molecule has 5 heterocycles. The third-order valence-electron chi connectivity index (χ3n) is 8.43. The number of ether oxygens (including phenoxy) is 2. The number of nitrogens with one attached hydrogen (secondary N) is 2. The van der Waals surface area contributed by atoms with E-state index >= 15 is 8.78 Å². The van der Waals surface area contributed by atoms with Crippen LogP contribution in [0.15, 0.2) is 53.8 Å². The van der Waals surface area contributed by atoms with Gasteiger partial charge in [0.15, 0.2) is 11.4 Å². The van der Waals surface area contributed by atoms with Crippen LogP contribution in [-0.2, 0) is 16.0 Å². The van der Waals surface area contributed by atoms with Crippen LogP contribution in [0.4, 0.5) is 13.2 Å². The largest absolute Gasteiger partial charge is 0.490 e. The standard InChI is InChI=1S/C34H33F3N6O4/c1-6-28(44)39-17(2)25-14-26(42-41-25)33-31(29-22(36)12-20(35)13-27(29)46-10-9-45-5)30-23(37)16-47-34(30)32(40-33)19-11-21-18(3)43(4)8-7-24(21)38-15-19/h6,11-18H,1,7-10H2,2-5H3,(H,39,44)(H,41,42). The van der Waals surface area contributed by atoms with Crippen molar-refractivity contribution in [3.8, 4) is 39.5 Å². The van der Waals surface area contributed by atoms with Crippen molar-refractivity contribution < 1.29 is 31.9 Å². The molecular formula is C34H33F3N6O4. The van der Waals surface area contributed by atoms with Crippen LogP contribution in [0.2, 0.25) is 0 Å². The number of hydrogen-bond acceptors (Lipinski definition) is 8. The first kappa shape index (κ1) is 32.0. The molecule has 2 atom stereocenters. The minimum Gasteiger partial charge on any atom is -0.490 e. The average molecular weight is 647 g/mol. The van der Waals surface area contributed by atoms with Crippen molar-refractivity contribution in [1.29, 1.82) is 0 Å². The number of halogens is 3. The van der Waals surface area contributed by atoms with Gasteiger partial charge in [0.25, 0.3) is 0 Å². The number of aromatic nitrogens is 4. The van der Waals surface area contributed by atoms with Gasteiger partial charge in [0.2, 0.25) is 5.91 Å². The van der Waals surface area contributed by atoms with Crippen molar-refractivity contribution >= 4 is 16.9 Å². The highest BCUT2D eigenvalue weighted by Crippen LogP contribution is 2.47. The molecule has 4 aromatic heterocycles. The first-order chi connectivity index (χ1) is 22.6. The van der Waals surface area contributed by atoms with Gasteiger partial charge in [-0.1, -0.05) is 6.58 Å². The second kappa shape index (κ2) is 13.0. The zero-order valence-electron chi connectivity index (χ0n) is 26.3. The molecule has 1 aliphatic heterocycles. The number of H-pyrrole nitrogens is 1. The number of nitrogens with zero attached hydrogens (tertiary/aromatic N) is 4. The molecule has 0 fully saturated rings. The lowest BCUT2D eigenvalue weighted by molar-refractivity contribution is -0.117. The van der Waals surface area contributed by atoms with Crippen LogP contribution in [0.5, 0.6) is 5.75 Å². The second-order valence-electron chi connectivity index (χ2n) is 11.4. The summed E-state index contributed by atoms with van der Waals surface area (Å²) in [6.07, 6.45) is 4.48. The fourth-order valence-electron chi connectivity index (χ4n) is 5.80. The lowest BCUT2D eigenvalue weighted by Crippen LogP contribution is -2.31. The van der Waals surface area contributed by atoms with Crippen molar-refractivity contribution in [2.24, 2.45) is 0 Å². The van der Waals surface area contributed by atoms with Crippen LogP contribution >= 0.6 is 0 Å². The molecule has 1 amide bonds. The van der Waals surface area contributed by atoms with E-state index in [9.17, 15) is 9.18 Å². The number of pyridine rings is 2. The molecule has 1 aliphatic rings. The Morgan fingerprint density at radius 2 is 2.00 bits per heavy atom. The third-order valence-corrected chi connectivity index (χ3v) is 8.43. The van der Waals surface area contributed by atoms with Gasteiger partial charge in [0.1, 0.15) is 47.3 Å². The molecule has 0 aliphatic carbocycles. The predicted molar refractivity (Wildman–Crippen MR) is 169 cm³/mol. The fraction of sp³-hybridized carbons (Fsp3) is 0.294. The maximum absolute atomic E-state index is 15.9. The summed E-state index contributed by atoms with van der Waals surface area (Å²) in [7, 11) is 3.49. The van der Waals surface area contributed by atoms with E-state index < -0.39 is 29.4 Å². The van der Waals surface area contributed by atoms with E-state index in [2.05, 4.69) is 33.9 Å². The molecule has 5 aromatic rings. The summed E-state index contributed by atoms with van der Waals surface area (Å²) in [5.41, 5.74) is 3.24. The summed E-state index contributed by atoms with van der Waals surface area (Å²) in [4.78, 5) is 23.8. The molecule has 2 N–H and O–H groups in total. The Morgan fingerprint density at radius 1 is 1.19 bits per heavy atom. The highest BCUT2D eigenvalue weighted by molar-refractivity contribution is 6.07. The minimum absolute atomic E-state index is 0.0359. The van der Waals surface area contributed by atoms with E-state index in [0.29, 0.717) is 17.3 Å². The number of aromatic amines is 1. The average Bonchev–Trinajstić information content (AvgIpc) is 3.70. The van der Waals surface area contributed by atoms with Crippen molar-refractivity contribution in [2.75, 3.05) is 33.9 Å². The van der Waals surface area contributed by atoms with Gasteiger partial charge in [-0.3, -0.25) is 19.8 Å². The minimum atomic E-state index is -1.01. The Hall–Kier alpha value is -5.01. The van der Waals surface area contributed by atoms with E-state index in [4.69, 9.17) is 23.9 Å². The Balaban J connectivity index is 1.63. The van der Waals surface area contributed by atoms with Gasteiger partial charge in [-0.05, 0) is 44.7 Å². The molecule has 0 saturated carbocycles. The number of benzene rings is 1. The van der Waals surface area contributed by atoms with Gasteiger partial charge in [-0.2, -0.15) is 5.10 Å². The van der Waals surface area contributed by atoms with Crippen LogP contribution in [0.25, 0.3) is 44.7 Å². The summed E-state index contributed by atoms with van der Waals surface area (Å²) < 4.78 is 63.0. The van der Waals surface area contributed by atoms with Crippen LogP contribution in [0, 0.1) is 17.5 Å². The van der Waals surface area contributed by atoms with Crippen LogP contribution in [0.1, 0.15) is 42.9 Å². The number of furan rings is 1. The Bertz CT molecular complexity index is 1990. The van der Waals surface area contributed by atoms with E-state index in [1.807, 2.05) is 13.1 Å². The molecule has 6 rings (SSSR count). The Kier molecular flexibility index (Phi) is 8.84. The first-order valence-corrected chi connectivity index (χ1v) is 15.0. The van der Waals surface area contributed by atoms with Gasteiger partial charge in [-0.15, -0.1) is 0 Å². The van der Waals surface area contributed by atoms with E-state index in [1.165, 1.54) is 7.11 Å². The molecular weight excluding hydrogens is 613 g/mol. The first-order valence-electron chi connectivity index (χ1n) is 15.0. The SMILES string of the molecule is C=CC(=O)NC(C)c1cc(-c2nc(-c3cnc4c(c3)C(C)N(C)CC4)c3occ(F)c3c2-c2c(F)cc(F)cc2OCCOC)n[nH]1. The summed E-state index contributed by atoms with van der Waals surface area (Å²) in [5.74, 6) is -3.28. The molecule has 10 nitrogen and oxygen atoms in total. The zero-order chi connectivity index (χ0) is 33.4. The number of amides is 1. The quantitative estimate of drug-likeness (QED) is 0.134. The smallest absolute Gasteiger partial charge is 0.243 e. The highest BCUT2D eigenvalue weighted by atomic mass is 19.1. The van der Waals surface area contributed by atoms with Crippen molar-refractivity contribution in [1.82, 2.24) is 30.4 Å². The van der Waals surface area contributed by atoms with Gasteiger partial charge in [0.05, 0.1) is 29.3 Å². The molecule has 0 bridgehead atoms. The summed E-state index contributed by atoms with van der Waals surface area (Å²) in [5, 5.41) is 9.96. The van der Waals surface area contributed by atoms with Crippen molar-refractivity contribution in [2.45, 2.75) is 32.4 Å². The maximum atomic E-state index is 15.9. The number of rotatable bonds is 10. The van der Waals surface area contributed by atoms with E-state index in [1.54, 1.807) is 19.2 Å². The number of carbonyl (C=O) groups excluding carboxylic acids is 1. The number of likely N-dealkylation sites (N-methyl/N-ethyl adjacent to an activating group) is 1. The van der Waals surface area contributed by atoms with Crippen molar-refractivity contribution in [3.05, 3.63) is 83.8 Å². The molecule has 0 saturated heterocycles. The summed E-state index contributed by atoms with van der Waals surface area (Å²) in [6, 6.07) is 4.81. The molecule has 0 spiro atoms. The van der Waals surface area contributed by atoms with Gasteiger partial charge < -0.3 is 19.2 Å². The van der Waals surface area contributed by atoms with Gasteiger partial charge in [0, 0.05) is 61.3 Å². The number of methoxy groups -OCH3 is 1. The molecule has 13 heteroatoms. The molecule has 2 unspecified atom stereocenters. The Labute approximate surface area is 268 Å². The van der Waals surface area contributed by atoms with E-state index in [-0.39, 0.29) is 64.2 Å². The van der Waals surface area contributed by atoms with Crippen LogP contribution in [-0.4, -0.2) is 64.9 Å². The van der Waals surface area contributed by atoms with E-state index in [0.717, 1.165) is 42.6 Å². The second-order valence-corrected chi connectivity index (χ2v) is 11.4. The van der Waals surface area contributed by atoms with Crippen LogP contribution in [0.3, 0.4) is 0 Å². The fourth-order valence-corrected chi connectivity index (χ4v) is 5.80. The number of fused-ring (bicyclic) bond motifs is 2. The predicted octanol–water partition coefficient (Wildman–Crippen LogP) is 6.30. The van der Waals surface area contributed by atoms with Gasteiger partial charge in [-0.25, -0.2) is 18.2 Å². The molecule has 47 heavy (non-hydrogen) atoms. The lowest BCUT2D eigenvalue weighted by Gasteiger charge is -2.31. The van der Waals surface area contributed by atoms with Crippen molar-refractivity contribution in [3.63, 3.8) is 0 Å². The molecule has 1 aromatic carbocycles. The van der Waals surface area contributed by atoms with Gasteiger partial charge >= 0.3 is 0 Å². The van der Waals surface area contributed by atoms with Crippen LogP contribution < -0.4 is 10.1 Å². The molecule has 0 radical (unpaired) electrons. The monoisotopic (exact) mass is 646 g/mol. The highest BCUT2D eigenvalue weighted by Gasteiger charge is 2.30. The summed E-state index contributed by atoms with van der Waals surface area (Å²) >= 11 is 0. The number of hydrogen-bond donors (Lipinski definition) is 2.